The minimum Gasteiger partial charge on any atom is -0.394 e. The lowest BCUT2D eigenvalue weighted by molar-refractivity contribution is 0.214. The van der Waals surface area contributed by atoms with E-state index in [4.69, 9.17) is 9.63 Å². The molecule has 0 saturated carbocycles. The third-order valence-electron chi connectivity index (χ3n) is 2.23. The highest BCUT2D eigenvalue weighted by Gasteiger charge is 2.22. The molecule has 1 rings (SSSR count). The molecule has 2 nitrogen and oxygen atoms in total. The number of aliphatic hydroxyl groups excluding tert-OH is 1. The van der Waals surface area contributed by atoms with Crippen LogP contribution in [0.1, 0.15) is 20.3 Å². The van der Waals surface area contributed by atoms with E-state index in [1.165, 1.54) is 12.0 Å². The molecular formula is C9H17O2P. The average molecular weight is 188 g/mol. The molecule has 0 radical (unpaired) electrons. The van der Waals surface area contributed by atoms with Gasteiger partial charge >= 0.3 is 0 Å². The second kappa shape index (κ2) is 4.96. The summed E-state index contributed by atoms with van der Waals surface area (Å²) in [7, 11) is -0.358. The fourth-order valence-electron chi connectivity index (χ4n) is 1.45. The molecule has 1 unspecified atom stereocenters. The van der Waals surface area contributed by atoms with E-state index >= 15 is 0 Å². The Bertz CT molecular complexity index is 168. The summed E-state index contributed by atoms with van der Waals surface area (Å²) in [5.74, 6) is 2.98. The van der Waals surface area contributed by atoms with E-state index in [-0.39, 0.29) is 14.8 Å². The summed E-state index contributed by atoms with van der Waals surface area (Å²) >= 11 is 0. The van der Waals surface area contributed by atoms with Crippen LogP contribution in [0.3, 0.4) is 0 Å². The molecule has 70 valence electrons. The Morgan fingerprint density at radius 3 is 3.00 bits per heavy atom. The molecule has 0 fully saturated rings. The van der Waals surface area contributed by atoms with Gasteiger partial charge in [0.25, 0.3) is 0 Å². The van der Waals surface area contributed by atoms with Crippen LogP contribution in [-0.4, -0.2) is 24.5 Å². The quantitative estimate of drug-likeness (QED) is 0.686. The number of rotatable bonds is 4. The lowest BCUT2D eigenvalue weighted by Crippen LogP contribution is -2.00. The van der Waals surface area contributed by atoms with Crippen molar-refractivity contribution >= 4 is 8.15 Å². The Hall–Kier alpha value is 0.0900. The zero-order chi connectivity index (χ0) is 8.97. The Balaban J connectivity index is 2.33. The molecule has 3 heteroatoms. The summed E-state index contributed by atoms with van der Waals surface area (Å²) in [6, 6.07) is 0. The van der Waals surface area contributed by atoms with E-state index in [0.717, 1.165) is 12.1 Å². The molecule has 0 spiro atoms. The van der Waals surface area contributed by atoms with Gasteiger partial charge in [0.15, 0.2) is 0 Å². The van der Waals surface area contributed by atoms with Crippen LogP contribution >= 0.6 is 8.15 Å². The lowest BCUT2D eigenvalue weighted by Gasteiger charge is -2.10. The first-order valence-corrected chi connectivity index (χ1v) is 5.98. The molecule has 0 aliphatic carbocycles. The molecule has 2 atom stereocenters. The Kier molecular flexibility index (Phi) is 4.20. The SMILES string of the molecule is CC[C@@H]1CP(OCCO)C=C1C. The van der Waals surface area contributed by atoms with E-state index in [1.54, 1.807) is 0 Å². The van der Waals surface area contributed by atoms with Gasteiger partial charge in [-0.15, -0.1) is 0 Å². The molecular weight excluding hydrogens is 171 g/mol. The molecule has 1 heterocycles. The van der Waals surface area contributed by atoms with Crippen molar-refractivity contribution in [3.8, 4) is 0 Å². The van der Waals surface area contributed by atoms with E-state index in [0.29, 0.717) is 6.61 Å². The van der Waals surface area contributed by atoms with Crippen molar-refractivity contribution in [1.82, 2.24) is 0 Å². The molecule has 1 aliphatic rings. The zero-order valence-corrected chi connectivity index (χ0v) is 8.68. The van der Waals surface area contributed by atoms with Crippen LogP contribution in [0.2, 0.25) is 0 Å². The van der Waals surface area contributed by atoms with Gasteiger partial charge in [-0.2, -0.15) is 0 Å². The monoisotopic (exact) mass is 188 g/mol. The Labute approximate surface area is 75.5 Å². The summed E-state index contributed by atoms with van der Waals surface area (Å²) in [6.45, 7) is 5.03. The summed E-state index contributed by atoms with van der Waals surface area (Å²) < 4.78 is 5.49. The van der Waals surface area contributed by atoms with Crippen LogP contribution in [0, 0.1) is 5.92 Å². The van der Waals surface area contributed by atoms with E-state index in [9.17, 15) is 0 Å². The maximum atomic E-state index is 8.58. The molecule has 0 aromatic rings. The topological polar surface area (TPSA) is 29.5 Å². The van der Waals surface area contributed by atoms with Crippen molar-refractivity contribution in [3.63, 3.8) is 0 Å². The van der Waals surface area contributed by atoms with E-state index in [2.05, 4.69) is 19.7 Å². The van der Waals surface area contributed by atoms with Gasteiger partial charge in [-0.1, -0.05) is 12.5 Å². The maximum Gasteiger partial charge on any atom is 0.0744 e. The van der Waals surface area contributed by atoms with Crippen LogP contribution < -0.4 is 0 Å². The van der Waals surface area contributed by atoms with Gasteiger partial charge in [0, 0.05) is 6.16 Å². The number of hydrogen-bond acceptors (Lipinski definition) is 2. The fraction of sp³-hybridized carbons (Fsp3) is 0.778. The normalized spacial score (nSPS) is 29.1. The molecule has 0 bridgehead atoms. The molecule has 1 aliphatic heterocycles. The van der Waals surface area contributed by atoms with Gasteiger partial charge in [0.1, 0.15) is 0 Å². The van der Waals surface area contributed by atoms with Gasteiger partial charge < -0.3 is 9.63 Å². The van der Waals surface area contributed by atoms with Crippen molar-refractivity contribution in [1.29, 1.82) is 0 Å². The summed E-state index contributed by atoms with van der Waals surface area (Å²) in [5, 5.41) is 8.58. The minimum atomic E-state index is -0.358. The number of aliphatic hydroxyl groups is 1. The third kappa shape index (κ3) is 2.55. The fourth-order valence-corrected chi connectivity index (χ4v) is 3.69. The minimum absolute atomic E-state index is 0.141. The molecule has 0 aromatic carbocycles. The van der Waals surface area contributed by atoms with Crippen LogP contribution in [0.5, 0.6) is 0 Å². The standard InChI is InChI=1S/C9H17O2P/c1-3-9-7-12(6-8(9)2)11-5-4-10/h6,9-10H,3-5,7H2,1-2H3/t9-,12?/m1/s1. The van der Waals surface area contributed by atoms with Crippen molar-refractivity contribution in [2.75, 3.05) is 19.4 Å². The Morgan fingerprint density at radius 2 is 2.50 bits per heavy atom. The van der Waals surface area contributed by atoms with Gasteiger partial charge in [-0.3, -0.25) is 0 Å². The van der Waals surface area contributed by atoms with Crippen molar-refractivity contribution in [3.05, 3.63) is 11.4 Å². The second-order valence-electron chi connectivity index (χ2n) is 3.13. The lowest BCUT2D eigenvalue weighted by atomic mass is 10.0. The molecule has 0 amide bonds. The highest BCUT2D eigenvalue weighted by atomic mass is 31.1. The predicted molar refractivity (Wildman–Crippen MR) is 52.4 cm³/mol. The first-order chi connectivity index (χ1) is 5.77. The predicted octanol–water partition coefficient (Wildman–Crippen LogP) is 2.34. The summed E-state index contributed by atoms with van der Waals surface area (Å²) in [5.41, 5.74) is 1.47. The molecule has 0 aromatic heterocycles. The van der Waals surface area contributed by atoms with Gasteiger partial charge in [-0.25, -0.2) is 0 Å². The zero-order valence-electron chi connectivity index (χ0n) is 7.79. The van der Waals surface area contributed by atoms with E-state index in [1.807, 2.05) is 0 Å². The summed E-state index contributed by atoms with van der Waals surface area (Å²) in [4.78, 5) is 0. The van der Waals surface area contributed by atoms with Crippen molar-refractivity contribution in [2.24, 2.45) is 5.92 Å². The number of allylic oxidation sites excluding steroid dienone is 1. The molecule has 0 saturated heterocycles. The molecule has 12 heavy (non-hydrogen) atoms. The highest BCUT2D eigenvalue weighted by molar-refractivity contribution is 7.56. The van der Waals surface area contributed by atoms with Crippen LogP contribution in [0.4, 0.5) is 0 Å². The van der Waals surface area contributed by atoms with Crippen molar-refractivity contribution in [2.45, 2.75) is 20.3 Å². The Morgan fingerprint density at radius 1 is 1.75 bits per heavy atom. The van der Waals surface area contributed by atoms with Gasteiger partial charge in [0.2, 0.25) is 0 Å². The average Bonchev–Trinajstić information content (AvgIpc) is 2.43. The van der Waals surface area contributed by atoms with Crippen molar-refractivity contribution < 1.29 is 9.63 Å². The first kappa shape index (κ1) is 10.2. The first-order valence-electron chi connectivity index (χ1n) is 4.46. The van der Waals surface area contributed by atoms with Crippen LogP contribution in [-0.2, 0) is 4.52 Å². The number of hydrogen-bond donors (Lipinski definition) is 1. The van der Waals surface area contributed by atoms with E-state index < -0.39 is 0 Å². The largest absolute Gasteiger partial charge is 0.394 e. The maximum absolute atomic E-state index is 8.58. The smallest absolute Gasteiger partial charge is 0.0744 e. The van der Waals surface area contributed by atoms with Crippen LogP contribution in [0.25, 0.3) is 0 Å². The van der Waals surface area contributed by atoms with Gasteiger partial charge in [0.05, 0.1) is 21.4 Å². The summed E-state index contributed by atoms with van der Waals surface area (Å²) in [6.07, 6.45) is 2.38. The van der Waals surface area contributed by atoms with Gasteiger partial charge in [-0.05, 0) is 25.1 Å². The molecule has 1 N–H and O–H groups in total. The second-order valence-corrected chi connectivity index (χ2v) is 4.85. The third-order valence-corrected chi connectivity index (χ3v) is 4.24. The van der Waals surface area contributed by atoms with Crippen LogP contribution in [0.15, 0.2) is 11.4 Å². The highest BCUT2D eigenvalue weighted by Crippen LogP contribution is 2.49.